The molecule has 4 aliphatic heterocycles. The van der Waals surface area contributed by atoms with E-state index >= 15 is 0 Å². The van der Waals surface area contributed by atoms with Gasteiger partial charge in [0.05, 0.1) is 17.2 Å². The summed E-state index contributed by atoms with van der Waals surface area (Å²) in [5, 5.41) is 6.09. The monoisotopic (exact) mass is 463 g/mol. The van der Waals surface area contributed by atoms with Crippen LogP contribution >= 0.6 is 0 Å². The normalized spacial score (nSPS) is 24.1. The first-order valence-corrected chi connectivity index (χ1v) is 12.0. The van der Waals surface area contributed by atoms with Gasteiger partial charge in [0.15, 0.2) is 0 Å². The molecular weight excluding hydrogens is 434 g/mol. The number of nitrogens with one attached hydrogen (secondary N) is 2. The lowest BCUT2D eigenvalue weighted by molar-refractivity contribution is 0.0593. The fraction of sp³-hybridized carbons (Fsp3) is 0.520. The van der Waals surface area contributed by atoms with Crippen molar-refractivity contribution in [3.8, 4) is 0 Å². The van der Waals surface area contributed by atoms with Gasteiger partial charge >= 0.3 is 0 Å². The maximum Gasteiger partial charge on any atom is 0.262 e. The summed E-state index contributed by atoms with van der Waals surface area (Å²) in [5.41, 5.74) is 1.89. The second-order valence-electron chi connectivity index (χ2n) is 9.47. The molecule has 0 aromatic heterocycles. The number of hydrogen-bond donors (Lipinski definition) is 2. The maximum atomic E-state index is 13.2. The Kier molecular flexibility index (Phi) is 6.35. The van der Waals surface area contributed by atoms with Crippen LogP contribution in [0.15, 0.2) is 29.6 Å². The molecule has 0 bridgehead atoms. The predicted octanol–water partition coefficient (Wildman–Crippen LogP) is 0.587. The van der Waals surface area contributed by atoms with Gasteiger partial charge in [-0.2, -0.15) is 0 Å². The smallest absolute Gasteiger partial charge is 0.262 e. The van der Waals surface area contributed by atoms with E-state index in [2.05, 4.69) is 20.4 Å². The zero-order valence-corrected chi connectivity index (χ0v) is 19.1. The Morgan fingerprint density at radius 1 is 0.912 bits per heavy atom. The van der Waals surface area contributed by atoms with E-state index in [-0.39, 0.29) is 11.4 Å². The molecule has 1 aromatic carbocycles. The van der Waals surface area contributed by atoms with E-state index in [1.807, 2.05) is 6.07 Å². The molecular formula is C25H29N5O4. The fourth-order valence-electron chi connectivity index (χ4n) is 5.51. The van der Waals surface area contributed by atoms with E-state index < -0.39 is 17.9 Å². The zero-order chi connectivity index (χ0) is 23.7. The lowest BCUT2D eigenvalue weighted by Gasteiger charge is -2.38. The second kappa shape index (κ2) is 9.57. The number of amides is 2. The second-order valence-corrected chi connectivity index (χ2v) is 9.47. The SMILES string of the molecule is O=C=C1CCC(N2C(=O)c3ccc(N4CCN(CC5CCNCC5)CC4)cc3C2=O)C(=C=O)N1. The average molecular weight is 464 g/mol. The molecule has 5 rings (SSSR count). The maximum absolute atomic E-state index is 13.2. The Labute approximate surface area is 198 Å². The van der Waals surface area contributed by atoms with Gasteiger partial charge in [-0.25, -0.2) is 9.59 Å². The van der Waals surface area contributed by atoms with Crippen LogP contribution in [0, 0.1) is 5.92 Å². The Hall–Kier alpha value is -3.22. The molecule has 0 aliphatic carbocycles. The third-order valence-electron chi connectivity index (χ3n) is 7.45. The van der Waals surface area contributed by atoms with Crippen LogP contribution in [0.3, 0.4) is 0 Å². The number of imide groups is 1. The van der Waals surface area contributed by atoms with Crippen LogP contribution in [-0.2, 0) is 9.59 Å². The molecule has 3 fully saturated rings. The first-order chi connectivity index (χ1) is 16.6. The number of rotatable bonds is 4. The number of carbonyl (C=O) groups is 2. The summed E-state index contributed by atoms with van der Waals surface area (Å²) in [6.45, 7) is 7.08. The van der Waals surface area contributed by atoms with E-state index in [0.29, 0.717) is 24.0 Å². The van der Waals surface area contributed by atoms with Crippen molar-refractivity contribution in [1.82, 2.24) is 20.4 Å². The number of piperidine rings is 2. The van der Waals surface area contributed by atoms with Crippen LogP contribution < -0.4 is 15.5 Å². The lowest BCUT2D eigenvalue weighted by atomic mass is 9.97. The van der Waals surface area contributed by atoms with E-state index in [1.165, 1.54) is 12.8 Å². The number of hydrogen-bond acceptors (Lipinski definition) is 8. The summed E-state index contributed by atoms with van der Waals surface area (Å²) in [5.74, 6) is 3.43. The molecule has 0 saturated carbocycles. The van der Waals surface area contributed by atoms with Gasteiger partial charge in [-0.1, -0.05) is 0 Å². The third kappa shape index (κ3) is 4.19. The highest BCUT2D eigenvalue weighted by atomic mass is 16.2. The molecule has 1 aromatic rings. The molecule has 4 heterocycles. The minimum absolute atomic E-state index is 0.0178. The van der Waals surface area contributed by atoms with E-state index in [4.69, 9.17) is 0 Å². The number of anilines is 1. The summed E-state index contributed by atoms with van der Waals surface area (Å²) >= 11 is 0. The molecule has 2 N–H and O–H groups in total. The van der Waals surface area contributed by atoms with E-state index in [0.717, 1.165) is 62.3 Å². The quantitative estimate of drug-likeness (QED) is 0.494. The van der Waals surface area contributed by atoms with Gasteiger partial charge in [-0.05, 0) is 56.5 Å². The molecule has 4 aliphatic rings. The van der Waals surface area contributed by atoms with Crippen molar-refractivity contribution in [3.63, 3.8) is 0 Å². The van der Waals surface area contributed by atoms with Crippen LogP contribution in [0.5, 0.6) is 0 Å². The Morgan fingerprint density at radius 3 is 2.35 bits per heavy atom. The highest BCUT2D eigenvalue weighted by molar-refractivity contribution is 6.22. The van der Waals surface area contributed by atoms with Gasteiger partial charge < -0.3 is 15.5 Å². The Bertz CT molecular complexity index is 1090. The van der Waals surface area contributed by atoms with Crippen molar-refractivity contribution in [2.24, 2.45) is 5.92 Å². The van der Waals surface area contributed by atoms with Gasteiger partial charge in [-0.3, -0.25) is 19.4 Å². The standard InChI is InChI=1S/C25H29N5O4/c31-15-18-1-4-23(22(16-32)27-18)30-24(33)20-3-2-19(13-21(20)25(30)34)29-11-9-28(10-12-29)14-17-5-7-26-8-6-17/h2-3,13,17,23,26-27H,1,4-12,14H2. The number of fused-ring (bicyclic) bond motifs is 1. The zero-order valence-electron chi connectivity index (χ0n) is 19.1. The molecule has 0 radical (unpaired) electrons. The Morgan fingerprint density at radius 2 is 1.65 bits per heavy atom. The van der Waals surface area contributed by atoms with Crippen molar-refractivity contribution >= 4 is 29.4 Å². The van der Waals surface area contributed by atoms with Crippen LogP contribution in [-0.4, -0.2) is 85.4 Å². The number of carbonyl (C=O) groups excluding carboxylic acids is 4. The number of nitrogens with zero attached hydrogens (tertiary/aromatic N) is 3. The van der Waals surface area contributed by atoms with Crippen LogP contribution in [0.4, 0.5) is 5.69 Å². The minimum atomic E-state index is -0.760. The van der Waals surface area contributed by atoms with Crippen molar-refractivity contribution in [2.45, 2.75) is 31.7 Å². The molecule has 1 atom stereocenters. The highest BCUT2D eigenvalue weighted by Crippen LogP contribution is 2.33. The summed E-state index contributed by atoms with van der Waals surface area (Å²) in [7, 11) is 0. The topological polar surface area (TPSA) is 102 Å². The lowest BCUT2D eigenvalue weighted by Crippen LogP contribution is -2.48. The van der Waals surface area contributed by atoms with Crippen LogP contribution in [0.1, 0.15) is 46.4 Å². The summed E-state index contributed by atoms with van der Waals surface area (Å²) in [4.78, 5) is 54.6. The fourth-order valence-corrected chi connectivity index (χ4v) is 5.51. The van der Waals surface area contributed by atoms with Gasteiger partial charge in [0.1, 0.15) is 23.3 Å². The Balaban J connectivity index is 1.27. The first-order valence-electron chi connectivity index (χ1n) is 12.0. The molecule has 9 heteroatoms. The molecule has 178 valence electrons. The summed E-state index contributed by atoms with van der Waals surface area (Å²) in [6, 6.07) is 4.65. The van der Waals surface area contributed by atoms with Gasteiger partial charge in [0, 0.05) is 44.8 Å². The minimum Gasteiger partial charge on any atom is -0.369 e. The molecule has 2 amide bonds. The first kappa shape index (κ1) is 22.6. The molecule has 9 nitrogen and oxygen atoms in total. The van der Waals surface area contributed by atoms with Crippen molar-refractivity contribution in [1.29, 1.82) is 0 Å². The number of benzene rings is 1. The van der Waals surface area contributed by atoms with Gasteiger partial charge in [-0.15, -0.1) is 0 Å². The van der Waals surface area contributed by atoms with Crippen molar-refractivity contribution in [2.75, 3.05) is 50.7 Å². The van der Waals surface area contributed by atoms with Crippen LogP contribution in [0.2, 0.25) is 0 Å². The predicted molar refractivity (Wildman–Crippen MR) is 126 cm³/mol. The van der Waals surface area contributed by atoms with E-state index in [9.17, 15) is 19.2 Å². The number of piperazine rings is 1. The van der Waals surface area contributed by atoms with E-state index in [1.54, 1.807) is 24.0 Å². The average Bonchev–Trinajstić information content (AvgIpc) is 3.13. The van der Waals surface area contributed by atoms with Crippen molar-refractivity contribution in [3.05, 3.63) is 40.7 Å². The number of allylic oxidation sites excluding steroid dienone is 1. The molecule has 34 heavy (non-hydrogen) atoms. The van der Waals surface area contributed by atoms with Gasteiger partial charge in [0.2, 0.25) is 0 Å². The largest absolute Gasteiger partial charge is 0.369 e. The molecule has 3 saturated heterocycles. The van der Waals surface area contributed by atoms with Gasteiger partial charge in [0.25, 0.3) is 11.8 Å². The third-order valence-corrected chi connectivity index (χ3v) is 7.45. The van der Waals surface area contributed by atoms with Crippen LogP contribution in [0.25, 0.3) is 0 Å². The van der Waals surface area contributed by atoms with Crippen molar-refractivity contribution < 1.29 is 19.2 Å². The summed E-state index contributed by atoms with van der Waals surface area (Å²) < 4.78 is 0. The summed E-state index contributed by atoms with van der Waals surface area (Å²) in [6.07, 6.45) is 3.07. The molecule has 0 spiro atoms. The highest BCUT2D eigenvalue weighted by Gasteiger charge is 2.43. The molecule has 1 unspecified atom stereocenters.